The van der Waals surface area contributed by atoms with E-state index in [1.807, 2.05) is 46.8 Å². The van der Waals surface area contributed by atoms with E-state index in [2.05, 4.69) is 0 Å². The van der Waals surface area contributed by atoms with E-state index in [1.54, 1.807) is 0 Å². The molecule has 0 amide bonds. The molecule has 1 aromatic rings. The number of benzene rings is 1. The van der Waals surface area contributed by atoms with Crippen LogP contribution in [0, 0.1) is 0 Å². The van der Waals surface area contributed by atoms with Crippen molar-refractivity contribution in [1.82, 2.24) is 14.7 Å². The van der Waals surface area contributed by atoms with Gasteiger partial charge in [-0.3, -0.25) is 9.59 Å². The summed E-state index contributed by atoms with van der Waals surface area (Å²) in [4.78, 5) is 30.5. The average Bonchev–Trinajstić information content (AvgIpc) is 3.45. The highest BCUT2D eigenvalue weighted by molar-refractivity contribution is 6.34. The van der Waals surface area contributed by atoms with Crippen molar-refractivity contribution in [1.29, 1.82) is 0 Å². The maximum absolute atomic E-state index is 12.4. The highest BCUT2D eigenvalue weighted by Crippen LogP contribution is 2.33. The van der Waals surface area contributed by atoms with Crippen LogP contribution in [0.15, 0.2) is 47.4 Å². The van der Waals surface area contributed by atoms with Gasteiger partial charge in [-0.15, -0.1) is 0 Å². The summed E-state index contributed by atoms with van der Waals surface area (Å²) in [5.41, 5.74) is 3.13. The van der Waals surface area contributed by atoms with Crippen LogP contribution in [0.2, 0.25) is 5.02 Å². The molecule has 1 aromatic carbocycles. The smallest absolute Gasteiger partial charge is 0.227 e. The van der Waals surface area contributed by atoms with E-state index < -0.39 is 0 Å². The van der Waals surface area contributed by atoms with Crippen LogP contribution in [-0.2, 0) is 9.59 Å². The van der Waals surface area contributed by atoms with Crippen molar-refractivity contribution >= 4 is 36.5 Å². The number of ketones is 2. The van der Waals surface area contributed by atoms with Crippen LogP contribution in [0.4, 0.5) is 0 Å². The van der Waals surface area contributed by atoms with E-state index in [-0.39, 0.29) is 11.6 Å². The Kier molecular flexibility index (Phi) is 4.08. The number of halogens is 1. The van der Waals surface area contributed by atoms with Crippen molar-refractivity contribution in [2.75, 3.05) is 39.3 Å². The molecule has 3 heterocycles. The number of allylic oxidation sites excluding steroid dienone is 1. The van der Waals surface area contributed by atoms with Crippen LogP contribution in [-0.4, -0.2) is 73.4 Å². The summed E-state index contributed by atoms with van der Waals surface area (Å²) < 4.78 is 0. The average molecular weight is 356 g/mol. The fraction of sp³-hybridized carbons (Fsp3) is 0.333. The molecule has 0 aromatic heterocycles. The van der Waals surface area contributed by atoms with E-state index in [0.717, 1.165) is 44.3 Å². The predicted molar refractivity (Wildman–Crippen MR) is 99.5 cm³/mol. The minimum absolute atomic E-state index is 0.00546. The fourth-order valence-electron chi connectivity index (χ4n) is 2.81. The molecule has 3 saturated heterocycles. The zero-order chi connectivity index (χ0) is 17.6. The van der Waals surface area contributed by atoms with E-state index >= 15 is 0 Å². The quantitative estimate of drug-likeness (QED) is 0.426. The molecule has 0 radical (unpaired) electrons. The van der Waals surface area contributed by atoms with Crippen LogP contribution in [0.1, 0.15) is 0 Å². The van der Waals surface area contributed by atoms with Crippen molar-refractivity contribution in [3.8, 4) is 0 Å². The standard InChI is InChI=1S/C12H13N3O2.C6H6BCl/c16-9-7-8(13-1-2-13)12(17)11(15-5-6-15)10(9)14-3-4-14;7-5-1-3-6(8)4-2-5/h7H,1-6H2;1-4H,7H2. The van der Waals surface area contributed by atoms with E-state index in [4.69, 9.17) is 11.6 Å². The summed E-state index contributed by atoms with van der Waals surface area (Å²) in [6.07, 6.45) is 1.52. The zero-order valence-corrected chi connectivity index (χ0v) is 14.9. The maximum atomic E-state index is 12.4. The van der Waals surface area contributed by atoms with Crippen molar-refractivity contribution in [2.24, 2.45) is 0 Å². The molecule has 3 fully saturated rings. The molecule has 128 valence electrons. The number of hydrogen-bond acceptors (Lipinski definition) is 5. The second-order valence-electron chi connectivity index (χ2n) is 6.68. The SMILES string of the molecule is Bc1ccc(Cl)cc1.O=C1C=C(N2CC2)C(=O)C(N2CC2)=C1N1CC1. The van der Waals surface area contributed by atoms with Crippen LogP contribution < -0.4 is 5.46 Å². The lowest BCUT2D eigenvalue weighted by molar-refractivity contribution is -0.117. The van der Waals surface area contributed by atoms with E-state index in [1.165, 1.54) is 11.5 Å². The molecule has 0 N–H and O–H groups in total. The van der Waals surface area contributed by atoms with Gasteiger partial charge < -0.3 is 14.7 Å². The minimum Gasteiger partial charge on any atom is -0.365 e. The first kappa shape index (κ1) is 16.3. The first-order valence-corrected chi connectivity index (χ1v) is 8.94. The largest absolute Gasteiger partial charge is 0.365 e. The lowest BCUT2D eigenvalue weighted by Gasteiger charge is -2.21. The Morgan fingerprint density at radius 1 is 0.800 bits per heavy atom. The van der Waals surface area contributed by atoms with Crippen molar-refractivity contribution in [3.05, 3.63) is 52.5 Å². The lowest BCUT2D eigenvalue weighted by atomic mass is 9.97. The van der Waals surface area contributed by atoms with Gasteiger partial charge in [0.2, 0.25) is 11.6 Å². The zero-order valence-electron chi connectivity index (χ0n) is 14.2. The van der Waals surface area contributed by atoms with Crippen molar-refractivity contribution in [3.63, 3.8) is 0 Å². The highest BCUT2D eigenvalue weighted by Gasteiger charge is 2.43. The number of Topliss-reactive ketones (excluding diaryl/α,β-unsaturated/α-hetero) is 1. The van der Waals surface area contributed by atoms with Gasteiger partial charge >= 0.3 is 0 Å². The molecule has 0 saturated carbocycles. The van der Waals surface area contributed by atoms with Gasteiger partial charge in [0.05, 0.1) is 5.70 Å². The molecule has 0 atom stereocenters. The third-order valence-corrected chi connectivity index (χ3v) is 4.75. The van der Waals surface area contributed by atoms with E-state index in [0.29, 0.717) is 17.1 Å². The van der Waals surface area contributed by atoms with Gasteiger partial charge in [-0.1, -0.05) is 29.2 Å². The molecule has 1 aliphatic carbocycles. The first-order valence-electron chi connectivity index (χ1n) is 8.56. The number of carbonyl (C=O) groups is 2. The van der Waals surface area contributed by atoms with Gasteiger partial charge in [0, 0.05) is 50.4 Å². The Bertz CT molecular complexity index is 770. The summed E-state index contributed by atoms with van der Waals surface area (Å²) in [5.74, 6) is 0.0485. The predicted octanol–water partition coefficient (Wildman–Crippen LogP) is -0.221. The topological polar surface area (TPSA) is 43.2 Å². The minimum atomic E-state index is 0.00546. The number of nitrogens with zero attached hydrogens (tertiary/aromatic N) is 3. The van der Waals surface area contributed by atoms with Gasteiger partial charge in [-0.2, -0.15) is 0 Å². The van der Waals surface area contributed by atoms with Gasteiger partial charge in [-0.05, 0) is 12.1 Å². The van der Waals surface area contributed by atoms with Gasteiger partial charge in [0.1, 0.15) is 19.2 Å². The molecule has 7 heteroatoms. The van der Waals surface area contributed by atoms with Gasteiger partial charge in [0.15, 0.2) is 0 Å². The van der Waals surface area contributed by atoms with Crippen LogP contribution >= 0.6 is 11.6 Å². The van der Waals surface area contributed by atoms with Crippen LogP contribution in [0.3, 0.4) is 0 Å². The fourth-order valence-corrected chi connectivity index (χ4v) is 2.93. The molecular weight excluding hydrogens is 336 g/mol. The summed E-state index contributed by atoms with van der Waals surface area (Å²) in [6, 6.07) is 7.75. The molecule has 5 rings (SSSR count). The molecule has 4 aliphatic rings. The van der Waals surface area contributed by atoms with Gasteiger partial charge in [0.25, 0.3) is 0 Å². The van der Waals surface area contributed by atoms with Crippen molar-refractivity contribution in [2.45, 2.75) is 0 Å². The monoisotopic (exact) mass is 355 g/mol. The number of hydrogen-bond donors (Lipinski definition) is 0. The second-order valence-corrected chi connectivity index (χ2v) is 7.11. The third-order valence-electron chi connectivity index (χ3n) is 4.50. The molecule has 5 nitrogen and oxygen atoms in total. The van der Waals surface area contributed by atoms with E-state index in [9.17, 15) is 9.59 Å². The van der Waals surface area contributed by atoms with Crippen molar-refractivity contribution < 1.29 is 9.59 Å². The molecule has 0 spiro atoms. The third kappa shape index (κ3) is 3.59. The first-order chi connectivity index (χ1) is 12.0. The highest BCUT2D eigenvalue weighted by atomic mass is 35.5. The summed E-state index contributed by atoms with van der Waals surface area (Å²) >= 11 is 5.61. The van der Waals surface area contributed by atoms with Crippen LogP contribution in [0.25, 0.3) is 0 Å². The van der Waals surface area contributed by atoms with Gasteiger partial charge in [-0.25, -0.2) is 0 Å². The number of rotatable bonds is 3. The Labute approximate surface area is 152 Å². The Balaban J connectivity index is 0.000000166. The Hall–Kier alpha value is -2.21. The Morgan fingerprint density at radius 2 is 1.32 bits per heavy atom. The molecule has 25 heavy (non-hydrogen) atoms. The Morgan fingerprint density at radius 3 is 1.80 bits per heavy atom. The lowest BCUT2D eigenvalue weighted by Crippen LogP contribution is -2.29. The number of carbonyl (C=O) groups excluding carboxylic acids is 2. The second kappa shape index (κ2) is 6.26. The normalized spacial score (nSPS) is 21.0. The summed E-state index contributed by atoms with van der Waals surface area (Å²) in [7, 11) is 2.04. The molecule has 3 aliphatic heterocycles. The summed E-state index contributed by atoms with van der Waals surface area (Å²) in [6.45, 7) is 5.41. The molecule has 0 bridgehead atoms. The van der Waals surface area contributed by atoms with Crippen LogP contribution in [0.5, 0.6) is 0 Å². The molecular formula is C18H19BClN3O2. The maximum Gasteiger partial charge on any atom is 0.227 e. The molecule has 0 unspecified atom stereocenters. The summed E-state index contributed by atoms with van der Waals surface area (Å²) in [5, 5.41) is 0.801.